The summed E-state index contributed by atoms with van der Waals surface area (Å²) in [4.78, 5) is 15.4. The summed E-state index contributed by atoms with van der Waals surface area (Å²) in [5, 5.41) is 9.35. The molecule has 0 bridgehead atoms. The molecule has 6 heteroatoms. The van der Waals surface area contributed by atoms with E-state index in [1.807, 2.05) is 0 Å². The molecular formula is C10H10N4O2. The Hall–Kier alpha value is -2.50. The SMILES string of the molecule is Nc1ccc(C(=O)Nn2ccnc2)cc1O. The average molecular weight is 218 g/mol. The highest BCUT2D eigenvalue weighted by Crippen LogP contribution is 2.20. The third-order valence-electron chi connectivity index (χ3n) is 2.03. The summed E-state index contributed by atoms with van der Waals surface area (Å²) in [6.07, 6.45) is 4.59. The Morgan fingerprint density at radius 2 is 2.31 bits per heavy atom. The summed E-state index contributed by atoms with van der Waals surface area (Å²) in [5.74, 6) is -0.466. The molecule has 2 aromatic rings. The average Bonchev–Trinajstić information content (AvgIpc) is 2.74. The topological polar surface area (TPSA) is 93.2 Å². The van der Waals surface area contributed by atoms with Gasteiger partial charge in [0.15, 0.2) is 0 Å². The molecule has 0 aliphatic carbocycles. The van der Waals surface area contributed by atoms with Gasteiger partial charge in [-0.15, -0.1) is 0 Å². The van der Waals surface area contributed by atoms with Crippen molar-refractivity contribution in [2.24, 2.45) is 0 Å². The second-order valence-electron chi connectivity index (χ2n) is 3.18. The number of carbonyl (C=O) groups is 1. The Balaban J connectivity index is 2.18. The van der Waals surface area contributed by atoms with Gasteiger partial charge in [-0.3, -0.25) is 10.2 Å². The van der Waals surface area contributed by atoms with E-state index in [9.17, 15) is 9.90 Å². The monoisotopic (exact) mass is 218 g/mol. The second-order valence-corrected chi connectivity index (χ2v) is 3.18. The van der Waals surface area contributed by atoms with Crippen LogP contribution in [0.4, 0.5) is 5.69 Å². The van der Waals surface area contributed by atoms with Gasteiger partial charge in [0.25, 0.3) is 5.91 Å². The third kappa shape index (κ3) is 1.95. The number of phenolic OH excluding ortho intramolecular Hbond substituents is 1. The van der Waals surface area contributed by atoms with E-state index in [4.69, 9.17) is 5.73 Å². The predicted molar refractivity (Wildman–Crippen MR) is 58.4 cm³/mol. The number of nitrogens with one attached hydrogen (secondary N) is 1. The first kappa shape index (κ1) is 10.0. The van der Waals surface area contributed by atoms with Gasteiger partial charge in [0.2, 0.25) is 0 Å². The molecule has 0 radical (unpaired) electrons. The highest BCUT2D eigenvalue weighted by atomic mass is 16.3. The zero-order valence-corrected chi connectivity index (χ0v) is 8.29. The molecule has 1 amide bonds. The van der Waals surface area contributed by atoms with Crippen molar-refractivity contribution in [3.63, 3.8) is 0 Å². The zero-order chi connectivity index (χ0) is 11.5. The fourth-order valence-corrected chi connectivity index (χ4v) is 1.19. The summed E-state index contributed by atoms with van der Waals surface area (Å²) in [5.41, 5.74) is 8.53. The molecule has 1 aromatic heterocycles. The fourth-order valence-electron chi connectivity index (χ4n) is 1.19. The molecular weight excluding hydrogens is 208 g/mol. The number of rotatable bonds is 2. The van der Waals surface area contributed by atoms with Crippen LogP contribution in [0.25, 0.3) is 0 Å². The minimum absolute atomic E-state index is 0.113. The van der Waals surface area contributed by atoms with Crippen LogP contribution in [0, 0.1) is 0 Å². The Bertz CT molecular complexity index is 508. The molecule has 0 saturated carbocycles. The summed E-state index contributed by atoms with van der Waals surface area (Å²) in [6, 6.07) is 4.31. The van der Waals surface area contributed by atoms with Crippen LogP contribution < -0.4 is 11.2 Å². The van der Waals surface area contributed by atoms with Gasteiger partial charge in [0.05, 0.1) is 5.69 Å². The Kier molecular flexibility index (Phi) is 2.47. The smallest absolute Gasteiger partial charge is 0.270 e. The van der Waals surface area contributed by atoms with Crippen LogP contribution in [-0.2, 0) is 0 Å². The van der Waals surface area contributed by atoms with Crippen molar-refractivity contribution in [1.29, 1.82) is 0 Å². The number of aromatic hydroxyl groups is 1. The van der Waals surface area contributed by atoms with Crippen molar-refractivity contribution in [3.8, 4) is 5.75 Å². The van der Waals surface area contributed by atoms with E-state index in [1.54, 1.807) is 12.4 Å². The molecule has 0 aliphatic rings. The van der Waals surface area contributed by atoms with Crippen LogP contribution in [0.5, 0.6) is 5.75 Å². The van der Waals surface area contributed by atoms with E-state index < -0.39 is 0 Å². The van der Waals surface area contributed by atoms with Crippen molar-refractivity contribution >= 4 is 11.6 Å². The van der Waals surface area contributed by atoms with Gasteiger partial charge >= 0.3 is 0 Å². The molecule has 0 spiro atoms. The van der Waals surface area contributed by atoms with Gasteiger partial charge in [-0.1, -0.05) is 0 Å². The van der Waals surface area contributed by atoms with Crippen LogP contribution in [0.2, 0.25) is 0 Å². The van der Waals surface area contributed by atoms with E-state index in [0.29, 0.717) is 5.56 Å². The quantitative estimate of drug-likeness (QED) is 0.507. The molecule has 1 aromatic carbocycles. The Morgan fingerprint density at radius 3 is 2.94 bits per heavy atom. The molecule has 16 heavy (non-hydrogen) atoms. The lowest BCUT2D eigenvalue weighted by atomic mass is 10.2. The number of carbonyl (C=O) groups excluding carboxylic acids is 1. The first-order valence-electron chi connectivity index (χ1n) is 4.54. The number of imidazole rings is 1. The number of phenols is 1. The van der Waals surface area contributed by atoms with Crippen LogP contribution in [0.1, 0.15) is 10.4 Å². The molecule has 4 N–H and O–H groups in total. The number of nitrogen functional groups attached to an aromatic ring is 1. The maximum absolute atomic E-state index is 11.7. The van der Waals surface area contributed by atoms with Gasteiger partial charge in [-0.05, 0) is 18.2 Å². The lowest BCUT2D eigenvalue weighted by molar-refractivity contribution is 0.101. The van der Waals surface area contributed by atoms with E-state index in [-0.39, 0.29) is 17.3 Å². The number of benzene rings is 1. The third-order valence-corrected chi connectivity index (χ3v) is 2.03. The van der Waals surface area contributed by atoms with Gasteiger partial charge in [-0.25, -0.2) is 9.66 Å². The van der Waals surface area contributed by atoms with Crippen molar-refractivity contribution in [1.82, 2.24) is 9.66 Å². The summed E-state index contributed by atoms with van der Waals surface area (Å²) < 4.78 is 1.41. The van der Waals surface area contributed by atoms with Gasteiger partial charge in [0, 0.05) is 18.0 Å². The molecule has 0 atom stereocenters. The first-order chi connectivity index (χ1) is 7.66. The van der Waals surface area contributed by atoms with Crippen molar-refractivity contribution in [2.45, 2.75) is 0 Å². The highest BCUT2D eigenvalue weighted by Gasteiger charge is 2.07. The maximum Gasteiger partial charge on any atom is 0.270 e. The van der Waals surface area contributed by atoms with E-state index >= 15 is 0 Å². The van der Waals surface area contributed by atoms with Gasteiger partial charge in [0.1, 0.15) is 12.1 Å². The van der Waals surface area contributed by atoms with Gasteiger partial charge in [-0.2, -0.15) is 0 Å². The van der Waals surface area contributed by atoms with E-state index in [1.165, 1.54) is 29.2 Å². The normalized spacial score (nSPS) is 10.0. The predicted octanol–water partition coefficient (Wildman–Crippen LogP) is 0.555. The lowest BCUT2D eigenvalue weighted by Crippen LogP contribution is -2.21. The number of hydrogen-bond donors (Lipinski definition) is 3. The van der Waals surface area contributed by atoms with Gasteiger partial charge < -0.3 is 10.8 Å². The number of aromatic nitrogens is 2. The molecule has 0 saturated heterocycles. The number of nitrogens with two attached hydrogens (primary N) is 1. The van der Waals surface area contributed by atoms with Crippen LogP contribution in [0.15, 0.2) is 36.9 Å². The van der Waals surface area contributed by atoms with Crippen molar-refractivity contribution in [2.75, 3.05) is 11.2 Å². The summed E-state index contributed by atoms with van der Waals surface area (Å²) in [7, 11) is 0. The summed E-state index contributed by atoms with van der Waals surface area (Å²) in [6.45, 7) is 0. The minimum Gasteiger partial charge on any atom is -0.506 e. The Morgan fingerprint density at radius 1 is 1.50 bits per heavy atom. The summed E-state index contributed by atoms with van der Waals surface area (Å²) >= 11 is 0. The molecule has 0 fully saturated rings. The number of nitrogens with zero attached hydrogens (tertiary/aromatic N) is 2. The van der Waals surface area contributed by atoms with Crippen LogP contribution in [-0.4, -0.2) is 20.7 Å². The molecule has 6 nitrogen and oxygen atoms in total. The largest absolute Gasteiger partial charge is 0.506 e. The number of amides is 1. The highest BCUT2D eigenvalue weighted by molar-refractivity contribution is 6.00. The second kappa shape index (κ2) is 3.93. The lowest BCUT2D eigenvalue weighted by Gasteiger charge is -2.06. The fraction of sp³-hybridized carbons (Fsp3) is 0. The van der Waals surface area contributed by atoms with Crippen LogP contribution >= 0.6 is 0 Å². The minimum atomic E-state index is -0.353. The van der Waals surface area contributed by atoms with Crippen LogP contribution in [0.3, 0.4) is 0 Å². The number of hydrogen-bond acceptors (Lipinski definition) is 4. The van der Waals surface area contributed by atoms with E-state index in [0.717, 1.165) is 0 Å². The first-order valence-corrected chi connectivity index (χ1v) is 4.54. The number of anilines is 1. The molecule has 0 aliphatic heterocycles. The standard InChI is InChI=1S/C10H10N4O2/c11-8-2-1-7(5-9(8)15)10(16)13-14-4-3-12-6-14/h1-6,15H,11H2,(H,13,16). The molecule has 2 rings (SSSR count). The Labute approximate surface area is 91.3 Å². The van der Waals surface area contributed by atoms with Crippen molar-refractivity contribution < 1.29 is 9.90 Å². The molecule has 0 unspecified atom stereocenters. The maximum atomic E-state index is 11.7. The molecule has 82 valence electrons. The van der Waals surface area contributed by atoms with E-state index in [2.05, 4.69) is 10.4 Å². The zero-order valence-electron chi connectivity index (χ0n) is 8.29. The van der Waals surface area contributed by atoms with Crippen molar-refractivity contribution in [3.05, 3.63) is 42.5 Å². The molecule has 1 heterocycles.